The van der Waals surface area contributed by atoms with Crippen LogP contribution in [0.25, 0.3) is 0 Å². The van der Waals surface area contributed by atoms with Crippen LogP contribution in [0.5, 0.6) is 0 Å². The van der Waals surface area contributed by atoms with Gasteiger partial charge in [-0.25, -0.2) is 0 Å². The minimum absolute atomic E-state index is 0.446. The maximum absolute atomic E-state index is 3.63. The molecule has 0 bridgehead atoms. The molecule has 0 aromatic carbocycles. The highest BCUT2D eigenvalue weighted by molar-refractivity contribution is 7.12. The second kappa shape index (κ2) is 6.50. The fourth-order valence-electron chi connectivity index (χ4n) is 2.00. The predicted molar refractivity (Wildman–Crippen MR) is 82.6 cm³/mol. The van der Waals surface area contributed by atoms with E-state index in [1.165, 1.54) is 20.2 Å². The first-order valence-electron chi connectivity index (χ1n) is 6.61. The molecule has 3 heteroatoms. The number of nitrogens with one attached hydrogen (secondary N) is 1. The first-order chi connectivity index (χ1) is 8.74. The van der Waals surface area contributed by atoms with Gasteiger partial charge in [-0.3, -0.25) is 0 Å². The molecule has 1 N–H and O–H groups in total. The zero-order valence-electron chi connectivity index (χ0n) is 11.3. The molecule has 1 atom stereocenters. The lowest BCUT2D eigenvalue weighted by molar-refractivity contribution is 0.585. The van der Waals surface area contributed by atoms with Crippen molar-refractivity contribution in [3.05, 3.63) is 43.8 Å². The summed E-state index contributed by atoms with van der Waals surface area (Å²) in [4.78, 5) is 4.40. The van der Waals surface area contributed by atoms with Gasteiger partial charge in [0, 0.05) is 27.2 Å². The number of thiophene rings is 2. The monoisotopic (exact) mass is 279 g/mol. The zero-order valence-corrected chi connectivity index (χ0v) is 13.0. The van der Waals surface area contributed by atoms with Gasteiger partial charge in [-0.15, -0.1) is 22.7 Å². The minimum Gasteiger partial charge on any atom is -0.305 e. The Balaban J connectivity index is 1.93. The summed E-state index contributed by atoms with van der Waals surface area (Å²) in [5.41, 5.74) is 1.49. The highest BCUT2D eigenvalue weighted by atomic mass is 32.1. The van der Waals surface area contributed by atoms with E-state index in [0.717, 1.165) is 19.4 Å². The lowest BCUT2D eigenvalue weighted by atomic mass is 10.2. The van der Waals surface area contributed by atoms with E-state index in [1.54, 1.807) is 0 Å². The molecule has 2 aromatic heterocycles. The Kier molecular flexibility index (Phi) is 4.98. The van der Waals surface area contributed by atoms with E-state index >= 15 is 0 Å². The van der Waals surface area contributed by atoms with E-state index in [-0.39, 0.29) is 0 Å². The van der Waals surface area contributed by atoms with Crippen molar-refractivity contribution in [1.29, 1.82) is 0 Å². The first kappa shape index (κ1) is 13.8. The van der Waals surface area contributed by atoms with Crippen molar-refractivity contribution >= 4 is 22.7 Å². The second-order valence-electron chi connectivity index (χ2n) is 4.48. The average molecular weight is 279 g/mol. The van der Waals surface area contributed by atoms with Gasteiger partial charge in [0.05, 0.1) is 0 Å². The molecule has 0 amide bonds. The minimum atomic E-state index is 0.446. The summed E-state index contributed by atoms with van der Waals surface area (Å²) in [6, 6.07) is 7.20. The van der Waals surface area contributed by atoms with Crippen LogP contribution in [0.4, 0.5) is 0 Å². The van der Waals surface area contributed by atoms with Gasteiger partial charge in [0.1, 0.15) is 0 Å². The van der Waals surface area contributed by atoms with Gasteiger partial charge < -0.3 is 5.32 Å². The van der Waals surface area contributed by atoms with E-state index in [0.29, 0.717) is 6.04 Å². The van der Waals surface area contributed by atoms with Crippen LogP contribution >= 0.6 is 22.7 Å². The Hall–Kier alpha value is -0.640. The van der Waals surface area contributed by atoms with Crippen LogP contribution < -0.4 is 5.32 Å². The highest BCUT2D eigenvalue weighted by Crippen LogP contribution is 2.24. The summed E-state index contributed by atoms with van der Waals surface area (Å²) in [6.45, 7) is 7.68. The van der Waals surface area contributed by atoms with Crippen LogP contribution in [-0.4, -0.2) is 0 Å². The van der Waals surface area contributed by atoms with Crippen molar-refractivity contribution in [3.63, 3.8) is 0 Å². The lowest BCUT2D eigenvalue weighted by Gasteiger charge is -2.12. The number of hydrogen-bond donors (Lipinski definition) is 1. The molecule has 0 saturated heterocycles. The van der Waals surface area contributed by atoms with Crippen LogP contribution in [0, 0.1) is 0 Å². The fourth-order valence-corrected chi connectivity index (χ4v) is 3.91. The molecule has 0 spiro atoms. The summed E-state index contributed by atoms with van der Waals surface area (Å²) in [7, 11) is 0. The van der Waals surface area contributed by atoms with Crippen LogP contribution in [0.2, 0.25) is 0 Å². The average Bonchev–Trinajstić information content (AvgIpc) is 3.04. The smallest absolute Gasteiger partial charge is 0.0389 e. The normalized spacial score (nSPS) is 12.8. The summed E-state index contributed by atoms with van der Waals surface area (Å²) < 4.78 is 0. The van der Waals surface area contributed by atoms with Crippen LogP contribution in [0.1, 0.15) is 47.0 Å². The molecule has 2 aromatic rings. The molecule has 0 radical (unpaired) electrons. The van der Waals surface area contributed by atoms with Gasteiger partial charge in [0.2, 0.25) is 0 Å². The van der Waals surface area contributed by atoms with E-state index < -0.39 is 0 Å². The van der Waals surface area contributed by atoms with Crippen LogP contribution in [0.15, 0.2) is 23.6 Å². The maximum Gasteiger partial charge on any atom is 0.0389 e. The van der Waals surface area contributed by atoms with Gasteiger partial charge in [0.25, 0.3) is 0 Å². The Labute approximate surface area is 118 Å². The summed E-state index contributed by atoms with van der Waals surface area (Å²) >= 11 is 3.79. The second-order valence-corrected chi connectivity index (χ2v) is 6.68. The maximum atomic E-state index is 3.63. The third kappa shape index (κ3) is 3.22. The van der Waals surface area contributed by atoms with E-state index in [4.69, 9.17) is 0 Å². The molecule has 18 heavy (non-hydrogen) atoms. The van der Waals surface area contributed by atoms with Crippen molar-refractivity contribution in [2.45, 2.75) is 46.2 Å². The first-order valence-corrected chi connectivity index (χ1v) is 8.31. The molecule has 1 unspecified atom stereocenters. The third-order valence-corrected chi connectivity index (χ3v) is 5.62. The van der Waals surface area contributed by atoms with Crippen molar-refractivity contribution in [2.75, 3.05) is 0 Å². The van der Waals surface area contributed by atoms with Crippen molar-refractivity contribution in [1.82, 2.24) is 5.32 Å². The standard InChI is InChI=1S/C15H21NS2/c1-4-12-8-9-17-15(12)10-16-11(3)14-7-6-13(5-2)18-14/h6-9,11,16H,4-5,10H2,1-3H3. The lowest BCUT2D eigenvalue weighted by Crippen LogP contribution is -2.17. The molecule has 0 fully saturated rings. The van der Waals surface area contributed by atoms with E-state index in [9.17, 15) is 0 Å². The summed E-state index contributed by atoms with van der Waals surface area (Å²) in [5, 5.41) is 5.83. The van der Waals surface area contributed by atoms with Gasteiger partial charge in [-0.2, -0.15) is 0 Å². The Morgan fingerprint density at radius 3 is 2.67 bits per heavy atom. The van der Waals surface area contributed by atoms with Gasteiger partial charge in [-0.05, 0) is 48.9 Å². The summed E-state index contributed by atoms with van der Waals surface area (Å²) in [6.07, 6.45) is 2.27. The molecule has 2 heterocycles. The number of rotatable bonds is 6. The quantitative estimate of drug-likeness (QED) is 0.802. The number of hydrogen-bond acceptors (Lipinski definition) is 3. The summed E-state index contributed by atoms with van der Waals surface area (Å²) in [5.74, 6) is 0. The molecule has 1 nitrogen and oxygen atoms in total. The zero-order chi connectivity index (χ0) is 13.0. The SMILES string of the molecule is CCc1ccc(C(C)NCc2sccc2CC)s1. The van der Waals surface area contributed by atoms with Gasteiger partial charge in [0.15, 0.2) is 0 Å². The van der Waals surface area contributed by atoms with Crippen molar-refractivity contribution < 1.29 is 0 Å². The molecular formula is C15H21NS2. The van der Waals surface area contributed by atoms with Crippen LogP contribution in [-0.2, 0) is 19.4 Å². The largest absolute Gasteiger partial charge is 0.305 e. The van der Waals surface area contributed by atoms with Crippen LogP contribution in [0.3, 0.4) is 0 Å². The van der Waals surface area contributed by atoms with Crippen molar-refractivity contribution in [3.8, 4) is 0 Å². The van der Waals surface area contributed by atoms with Gasteiger partial charge >= 0.3 is 0 Å². The Bertz CT molecular complexity index is 484. The topological polar surface area (TPSA) is 12.0 Å². The molecule has 0 saturated carbocycles. The molecule has 0 aliphatic carbocycles. The van der Waals surface area contributed by atoms with Gasteiger partial charge in [-0.1, -0.05) is 13.8 Å². The predicted octanol–water partition coefficient (Wildman–Crippen LogP) is 4.79. The van der Waals surface area contributed by atoms with Crippen molar-refractivity contribution in [2.24, 2.45) is 0 Å². The Morgan fingerprint density at radius 2 is 2.00 bits per heavy atom. The fraction of sp³-hybridized carbons (Fsp3) is 0.467. The molecule has 98 valence electrons. The molecule has 2 rings (SSSR count). The molecule has 0 aliphatic rings. The number of aryl methyl sites for hydroxylation is 2. The van der Waals surface area contributed by atoms with E-state index in [1.807, 2.05) is 22.7 Å². The highest BCUT2D eigenvalue weighted by Gasteiger charge is 2.09. The molecule has 0 aliphatic heterocycles. The third-order valence-electron chi connectivity index (χ3n) is 3.25. The molecular weight excluding hydrogens is 258 g/mol. The van der Waals surface area contributed by atoms with E-state index in [2.05, 4.69) is 49.7 Å². The Morgan fingerprint density at radius 1 is 1.17 bits per heavy atom.